The van der Waals surface area contributed by atoms with Crippen molar-refractivity contribution in [2.45, 2.75) is 0 Å². The molecule has 0 aromatic carbocycles. The molecule has 2 heterocycles. The van der Waals surface area contributed by atoms with Gasteiger partial charge in [0.2, 0.25) is 0 Å². The first kappa shape index (κ1) is 8.65. The largest absolute Gasteiger partial charge is 0.477 e. The Hall–Kier alpha value is -0.940. The highest BCUT2D eigenvalue weighted by atomic mass is 79.9. The van der Waals surface area contributed by atoms with E-state index in [1.54, 1.807) is 18.5 Å². The van der Waals surface area contributed by atoms with E-state index in [0.29, 0.717) is 4.88 Å². The molecule has 1 N–H and O–H groups in total. The first-order valence-corrected chi connectivity index (χ1v) is 5.06. The lowest BCUT2D eigenvalue weighted by molar-refractivity contribution is 0.0702. The zero-order valence-corrected chi connectivity index (χ0v) is 8.72. The fourth-order valence-electron chi connectivity index (χ4n) is 1.03. The highest BCUT2D eigenvalue weighted by Gasteiger charge is 2.09. The van der Waals surface area contributed by atoms with Crippen LogP contribution in [0.4, 0.5) is 0 Å². The summed E-state index contributed by atoms with van der Waals surface area (Å²) >= 11 is 4.56. The molecule has 0 amide bonds. The van der Waals surface area contributed by atoms with Gasteiger partial charge < -0.3 is 5.11 Å². The van der Waals surface area contributed by atoms with Gasteiger partial charge in [0.05, 0.1) is 9.17 Å². The Morgan fingerprint density at radius 1 is 1.54 bits per heavy atom. The zero-order chi connectivity index (χ0) is 9.42. The van der Waals surface area contributed by atoms with Crippen LogP contribution in [0.1, 0.15) is 9.67 Å². The van der Waals surface area contributed by atoms with Crippen LogP contribution in [0.15, 0.2) is 22.9 Å². The number of carbonyl (C=O) groups is 1. The zero-order valence-electron chi connectivity index (χ0n) is 6.32. The molecule has 0 radical (unpaired) electrons. The molecule has 0 saturated heterocycles. The summed E-state index contributed by atoms with van der Waals surface area (Å²) in [5.41, 5.74) is 0. The van der Waals surface area contributed by atoms with Crippen LogP contribution in [0.25, 0.3) is 10.1 Å². The van der Waals surface area contributed by atoms with E-state index in [2.05, 4.69) is 20.9 Å². The average Bonchev–Trinajstić information content (AvgIpc) is 2.49. The molecule has 0 saturated carbocycles. The maximum Gasteiger partial charge on any atom is 0.345 e. The summed E-state index contributed by atoms with van der Waals surface area (Å²) in [6.07, 6.45) is 3.31. The van der Waals surface area contributed by atoms with Crippen LogP contribution >= 0.6 is 27.3 Å². The molecular formula is C8H4BrNO2S. The van der Waals surface area contributed by atoms with Gasteiger partial charge in [0, 0.05) is 17.8 Å². The van der Waals surface area contributed by atoms with Gasteiger partial charge in [-0.3, -0.25) is 4.98 Å². The molecule has 13 heavy (non-hydrogen) atoms. The number of hydrogen-bond donors (Lipinski definition) is 1. The van der Waals surface area contributed by atoms with E-state index >= 15 is 0 Å². The molecule has 0 spiro atoms. The molecule has 0 atom stereocenters. The van der Waals surface area contributed by atoms with Crippen molar-refractivity contribution in [2.24, 2.45) is 0 Å². The molecule has 66 valence electrons. The predicted molar refractivity (Wildman–Crippen MR) is 54.3 cm³/mol. The number of nitrogens with zero attached hydrogens (tertiary/aromatic N) is 1. The van der Waals surface area contributed by atoms with Crippen molar-refractivity contribution in [1.29, 1.82) is 0 Å². The van der Waals surface area contributed by atoms with Gasteiger partial charge >= 0.3 is 5.97 Å². The second-order valence-electron chi connectivity index (χ2n) is 2.46. The first-order chi connectivity index (χ1) is 6.18. The van der Waals surface area contributed by atoms with Crippen LogP contribution < -0.4 is 0 Å². The smallest absolute Gasteiger partial charge is 0.345 e. The number of aromatic carboxylic acids is 1. The number of fused-ring (bicyclic) bond motifs is 1. The van der Waals surface area contributed by atoms with Gasteiger partial charge in [-0.25, -0.2) is 4.79 Å². The molecule has 3 nitrogen and oxygen atoms in total. The Morgan fingerprint density at radius 2 is 2.31 bits per heavy atom. The lowest BCUT2D eigenvalue weighted by Crippen LogP contribution is -1.89. The molecule has 0 aliphatic carbocycles. The summed E-state index contributed by atoms with van der Waals surface area (Å²) in [5, 5.41) is 9.61. The molecule has 0 fully saturated rings. The lowest BCUT2D eigenvalue weighted by atomic mass is 10.3. The van der Waals surface area contributed by atoms with Crippen molar-refractivity contribution in [3.05, 3.63) is 27.8 Å². The number of halogens is 1. The predicted octanol–water partition coefficient (Wildman–Crippen LogP) is 2.76. The van der Waals surface area contributed by atoms with Crippen molar-refractivity contribution >= 4 is 43.3 Å². The van der Waals surface area contributed by atoms with Crippen molar-refractivity contribution in [3.8, 4) is 0 Å². The summed E-state index contributed by atoms with van der Waals surface area (Å²) < 4.78 is 1.76. The number of pyridine rings is 1. The van der Waals surface area contributed by atoms with Gasteiger partial charge in [-0.1, -0.05) is 0 Å². The van der Waals surface area contributed by atoms with Gasteiger partial charge in [0.1, 0.15) is 4.88 Å². The van der Waals surface area contributed by atoms with Crippen LogP contribution in [0, 0.1) is 0 Å². The topological polar surface area (TPSA) is 50.2 Å². The van der Waals surface area contributed by atoms with Crippen LogP contribution in [0.5, 0.6) is 0 Å². The molecule has 2 rings (SSSR count). The standard InChI is InChI=1S/C8H4BrNO2S/c9-5-3-10-2-4-1-6(8(11)12)13-7(4)5/h1-3H,(H,11,12). The Labute approximate surface area is 86.2 Å². The van der Waals surface area contributed by atoms with Gasteiger partial charge in [0.25, 0.3) is 0 Å². The Kier molecular flexibility index (Phi) is 2.05. The second kappa shape index (κ2) is 3.08. The minimum Gasteiger partial charge on any atom is -0.477 e. The minimum atomic E-state index is -0.895. The van der Waals surface area contributed by atoms with Crippen LogP contribution in [-0.4, -0.2) is 16.1 Å². The highest BCUT2D eigenvalue weighted by Crippen LogP contribution is 2.30. The number of thiophene rings is 1. The number of carboxylic acids is 1. The van der Waals surface area contributed by atoms with E-state index in [-0.39, 0.29) is 0 Å². The van der Waals surface area contributed by atoms with Gasteiger partial charge in [-0.15, -0.1) is 11.3 Å². The number of aromatic nitrogens is 1. The summed E-state index contributed by atoms with van der Waals surface area (Å²) in [6, 6.07) is 1.63. The Morgan fingerprint density at radius 3 is 2.92 bits per heavy atom. The van der Waals surface area contributed by atoms with E-state index in [0.717, 1.165) is 14.6 Å². The third-order valence-corrected chi connectivity index (χ3v) is 3.63. The third kappa shape index (κ3) is 1.45. The number of rotatable bonds is 1. The summed E-state index contributed by atoms with van der Waals surface area (Å²) in [5.74, 6) is -0.895. The molecule has 0 unspecified atom stereocenters. The number of hydrogen-bond acceptors (Lipinski definition) is 3. The second-order valence-corrected chi connectivity index (χ2v) is 4.36. The fourth-order valence-corrected chi connectivity index (χ4v) is 2.50. The van der Waals surface area contributed by atoms with Crippen LogP contribution in [0.3, 0.4) is 0 Å². The highest BCUT2D eigenvalue weighted by molar-refractivity contribution is 9.10. The number of carboxylic acid groups (broad SMARTS) is 1. The fraction of sp³-hybridized carbons (Fsp3) is 0. The first-order valence-electron chi connectivity index (χ1n) is 3.45. The van der Waals surface area contributed by atoms with Crippen LogP contribution in [0.2, 0.25) is 0 Å². The Bertz CT molecular complexity index is 480. The average molecular weight is 258 g/mol. The molecule has 2 aromatic heterocycles. The molecule has 2 aromatic rings. The van der Waals surface area contributed by atoms with Crippen LogP contribution in [-0.2, 0) is 0 Å². The summed E-state index contributed by atoms with van der Waals surface area (Å²) in [7, 11) is 0. The normalized spacial score (nSPS) is 10.5. The molecule has 0 bridgehead atoms. The molecular weight excluding hydrogens is 254 g/mol. The van der Waals surface area contributed by atoms with Gasteiger partial charge in [0.15, 0.2) is 0 Å². The lowest BCUT2D eigenvalue weighted by Gasteiger charge is -1.89. The van der Waals surface area contributed by atoms with Crippen molar-refractivity contribution in [1.82, 2.24) is 4.98 Å². The summed E-state index contributed by atoms with van der Waals surface area (Å²) in [4.78, 5) is 14.9. The van der Waals surface area contributed by atoms with Gasteiger partial charge in [-0.05, 0) is 22.0 Å². The molecule has 0 aliphatic heterocycles. The van der Waals surface area contributed by atoms with E-state index in [4.69, 9.17) is 5.11 Å². The maximum atomic E-state index is 10.7. The quantitative estimate of drug-likeness (QED) is 0.855. The SMILES string of the molecule is O=C(O)c1cc2cncc(Br)c2s1. The minimum absolute atomic E-state index is 0.337. The van der Waals surface area contributed by atoms with Crippen molar-refractivity contribution < 1.29 is 9.90 Å². The van der Waals surface area contributed by atoms with E-state index < -0.39 is 5.97 Å². The van der Waals surface area contributed by atoms with E-state index in [1.165, 1.54) is 11.3 Å². The molecule has 5 heteroatoms. The Balaban J connectivity index is 2.75. The van der Waals surface area contributed by atoms with E-state index in [9.17, 15) is 4.79 Å². The van der Waals surface area contributed by atoms with Crippen molar-refractivity contribution in [3.63, 3.8) is 0 Å². The van der Waals surface area contributed by atoms with Crippen molar-refractivity contribution in [2.75, 3.05) is 0 Å². The third-order valence-electron chi connectivity index (χ3n) is 1.59. The monoisotopic (exact) mass is 257 g/mol. The molecule has 0 aliphatic rings. The maximum absolute atomic E-state index is 10.7. The summed E-state index contributed by atoms with van der Waals surface area (Å²) in [6.45, 7) is 0. The van der Waals surface area contributed by atoms with E-state index in [1.807, 2.05) is 0 Å². The van der Waals surface area contributed by atoms with Gasteiger partial charge in [-0.2, -0.15) is 0 Å².